The second-order valence-corrected chi connectivity index (χ2v) is 9.73. The number of rotatable bonds is 4. The van der Waals surface area contributed by atoms with Gasteiger partial charge in [-0.1, -0.05) is 6.07 Å². The van der Waals surface area contributed by atoms with E-state index in [4.69, 9.17) is 0 Å². The van der Waals surface area contributed by atoms with Crippen molar-refractivity contribution in [1.82, 2.24) is 14.2 Å². The van der Waals surface area contributed by atoms with Crippen LogP contribution >= 0.6 is 0 Å². The Balaban J connectivity index is 1.47. The number of carbonyl (C=O) groups excluding carboxylic acids is 1. The zero-order chi connectivity index (χ0) is 22.9. The van der Waals surface area contributed by atoms with Crippen molar-refractivity contribution >= 4 is 21.7 Å². The number of amides is 1. The number of halogens is 3. The molecule has 7 nitrogen and oxygen atoms in total. The van der Waals surface area contributed by atoms with Crippen molar-refractivity contribution in [2.75, 3.05) is 44.2 Å². The van der Waals surface area contributed by atoms with Crippen LogP contribution in [-0.2, 0) is 16.2 Å². The Morgan fingerprint density at radius 2 is 1.62 bits per heavy atom. The van der Waals surface area contributed by atoms with Crippen LogP contribution < -0.4 is 4.90 Å². The van der Waals surface area contributed by atoms with E-state index in [9.17, 15) is 26.4 Å². The van der Waals surface area contributed by atoms with Crippen molar-refractivity contribution in [3.05, 3.63) is 53.7 Å². The first-order valence-corrected chi connectivity index (χ1v) is 11.8. The Labute approximate surface area is 184 Å². The van der Waals surface area contributed by atoms with Gasteiger partial charge in [-0.3, -0.25) is 4.79 Å². The maximum absolute atomic E-state index is 13.1. The minimum atomic E-state index is -4.63. The number of hydrogen-bond acceptors (Lipinski definition) is 5. The lowest BCUT2D eigenvalue weighted by molar-refractivity contribution is -0.137. The van der Waals surface area contributed by atoms with Gasteiger partial charge >= 0.3 is 6.18 Å². The Kier molecular flexibility index (Phi) is 6.13. The highest BCUT2D eigenvalue weighted by atomic mass is 32.2. The van der Waals surface area contributed by atoms with Crippen molar-refractivity contribution in [3.63, 3.8) is 0 Å². The minimum Gasteiger partial charge on any atom is -0.356 e. The molecule has 0 bridgehead atoms. The highest BCUT2D eigenvalue weighted by Gasteiger charge is 2.35. The van der Waals surface area contributed by atoms with Crippen LogP contribution in [-0.4, -0.2) is 67.8 Å². The van der Waals surface area contributed by atoms with Gasteiger partial charge in [0.05, 0.1) is 16.0 Å². The predicted molar refractivity (Wildman–Crippen MR) is 112 cm³/mol. The maximum atomic E-state index is 13.1. The number of nitrogens with zero attached hydrogens (tertiary/aromatic N) is 4. The standard InChI is InChI=1S/C21H23F3N4O3S/c22-21(23,24)16-5-3-6-17(15-16)32(30,31)28-13-11-27(12-14-28)20(29)18-7-4-8-25-19(18)26-9-1-2-10-26/h3-8,15H,1-2,9-14H2. The molecule has 2 saturated heterocycles. The van der Waals surface area contributed by atoms with Crippen LogP contribution in [0.15, 0.2) is 47.5 Å². The fourth-order valence-corrected chi connectivity index (χ4v) is 5.50. The molecule has 11 heteroatoms. The number of benzene rings is 1. The summed E-state index contributed by atoms with van der Waals surface area (Å²) < 4.78 is 65.8. The Hall–Kier alpha value is -2.66. The highest BCUT2D eigenvalue weighted by Crippen LogP contribution is 2.31. The van der Waals surface area contributed by atoms with Gasteiger partial charge < -0.3 is 9.80 Å². The molecule has 0 saturated carbocycles. The Morgan fingerprint density at radius 3 is 2.28 bits per heavy atom. The largest absolute Gasteiger partial charge is 0.416 e. The molecule has 0 N–H and O–H groups in total. The number of alkyl halides is 3. The highest BCUT2D eigenvalue weighted by molar-refractivity contribution is 7.89. The molecule has 3 heterocycles. The van der Waals surface area contributed by atoms with Gasteiger partial charge in [0.25, 0.3) is 5.91 Å². The van der Waals surface area contributed by atoms with Crippen molar-refractivity contribution in [1.29, 1.82) is 0 Å². The lowest BCUT2D eigenvalue weighted by Gasteiger charge is -2.34. The molecule has 1 amide bonds. The minimum absolute atomic E-state index is 0.00360. The Bertz CT molecular complexity index is 1090. The van der Waals surface area contributed by atoms with Crippen LogP contribution in [0.3, 0.4) is 0 Å². The fraction of sp³-hybridized carbons (Fsp3) is 0.429. The first kappa shape index (κ1) is 22.5. The summed E-state index contributed by atoms with van der Waals surface area (Å²) in [7, 11) is -4.11. The number of hydrogen-bond donors (Lipinski definition) is 0. The third-order valence-corrected chi connectivity index (χ3v) is 7.64. The molecule has 0 unspecified atom stereocenters. The maximum Gasteiger partial charge on any atom is 0.416 e. The van der Waals surface area contributed by atoms with E-state index in [1.807, 2.05) is 0 Å². The summed E-state index contributed by atoms with van der Waals surface area (Å²) in [6, 6.07) is 7.13. The molecular formula is C21H23F3N4O3S. The zero-order valence-corrected chi connectivity index (χ0v) is 18.1. The number of carbonyl (C=O) groups is 1. The van der Waals surface area contributed by atoms with Crippen LogP contribution in [0.25, 0.3) is 0 Å². The van der Waals surface area contributed by atoms with Crippen molar-refractivity contribution < 1.29 is 26.4 Å². The number of piperazine rings is 1. The molecule has 1 aromatic carbocycles. The Morgan fingerprint density at radius 1 is 0.938 bits per heavy atom. The predicted octanol–water partition coefficient (Wildman–Crippen LogP) is 2.85. The number of pyridine rings is 1. The van der Waals surface area contributed by atoms with Gasteiger partial charge in [0.2, 0.25) is 10.0 Å². The summed E-state index contributed by atoms with van der Waals surface area (Å²) in [5.41, 5.74) is -0.540. The van der Waals surface area contributed by atoms with Crippen LogP contribution in [0.4, 0.5) is 19.0 Å². The summed E-state index contributed by atoms with van der Waals surface area (Å²) in [5, 5.41) is 0. The molecular weight excluding hydrogens is 445 g/mol. The van der Waals surface area contributed by atoms with Gasteiger partial charge in [-0.25, -0.2) is 13.4 Å². The number of anilines is 1. The summed E-state index contributed by atoms with van der Waals surface area (Å²) in [4.78, 5) is 20.7. The van der Waals surface area contributed by atoms with Crippen molar-refractivity contribution in [2.24, 2.45) is 0 Å². The lowest BCUT2D eigenvalue weighted by atomic mass is 10.2. The molecule has 0 spiro atoms. The summed E-state index contributed by atoms with van der Waals surface area (Å²) in [6.07, 6.45) is -0.913. The fourth-order valence-electron chi connectivity index (χ4n) is 4.03. The molecule has 4 rings (SSSR count). The first-order valence-electron chi connectivity index (χ1n) is 10.3. The molecule has 0 radical (unpaired) electrons. The first-order chi connectivity index (χ1) is 15.2. The van der Waals surface area contributed by atoms with Crippen molar-refractivity contribution in [3.8, 4) is 0 Å². The van der Waals surface area contributed by atoms with E-state index in [1.54, 1.807) is 23.2 Å². The SMILES string of the molecule is O=C(c1cccnc1N1CCCC1)N1CCN(S(=O)(=O)c2cccc(C(F)(F)F)c2)CC1. The van der Waals surface area contributed by atoms with Crippen LogP contribution in [0.2, 0.25) is 0 Å². The normalized spacial score (nSPS) is 18.2. The molecule has 0 atom stereocenters. The van der Waals surface area contributed by atoms with E-state index >= 15 is 0 Å². The average molecular weight is 469 g/mol. The summed E-state index contributed by atoms with van der Waals surface area (Å²) in [6.45, 7) is 1.96. The molecule has 2 aliphatic heterocycles. The molecule has 172 valence electrons. The molecule has 2 fully saturated rings. The van der Waals surface area contributed by atoms with E-state index in [2.05, 4.69) is 9.88 Å². The quantitative estimate of drug-likeness (QED) is 0.690. The average Bonchev–Trinajstić information content (AvgIpc) is 3.33. The van der Waals surface area contributed by atoms with Gasteiger partial charge in [-0.2, -0.15) is 17.5 Å². The second-order valence-electron chi connectivity index (χ2n) is 7.79. The third kappa shape index (κ3) is 4.44. The number of aromatic nitrogens is 1. The van der Waals surface area contributed by atoms with Crippen molar-refractivity contribution in [2.45, 2.75) is 23.9 Å². The summed E-state index contributed by atoms with van der Waals surface area (Å²) in [5.74, 6) is 0.408. The topological polar surface area (TPSA) is 73.8 Å². The van der Waals surface area contributed by atoms with E-state index in [0.29, 0.717) is 17.4 Å². The van der Waals surface area contributed by atoms with Gasteiger partial charge in [-0.05, 0) is 43.2 Å². The number of sulfonamides is 1. The molecule has 1 aromatic heterocycles. The van der Waals surface area contributed by atoms with Gasteiger partial charge in [-0.15, -0.1) is 0 Å². The van der Waals surface area contributed by atoms with Gasteiger partial charge in [0, 0.05) is 45.5 Å². The van der Waals surface area contributed by atoms with Gasteiger partial charge in [0.15, 0.2) is 0 Å². The smallest absolute Gasteiger partial charge is 0.356 e. The second kappa shape index (κ2) is 8.70. The monoisotopic (exact) mass is 468 g/mol. The summed E-state index contributed by atoms with van der Waals surface area (Å²) >= 11 is 0. The van der Waals surface area contributed by atoms with Crippen LogP contribution in [0.1, 0.15) is 28.8 Å². The lowest BCUT2D eigenvalue weighted by Crippen LogP contribution is -2.50. The molecule has 0 aliphatic carbocycles. The third-order valence-electron chi connectivity index (χ3n) is 5.75. The van der Waals surface area contributed by atoms with Crippen LogP contribution in [0.5, 0.6) is 0 Å². The molecule has 2 aromatic rings. The zero-order valence-electron chi connectivity index (χ0n) is 17.3. The van der Waals surface area contributed by atoms with Gasteiger partial charge in [0.1, 0.15) is 5.82 Å². The van der Waals surface area contributed by atoms with Crippen LogP contribution in [0, 0.1) is 0 Å². The van der Waals surface area contributed by atoms with E-state index in [0.717, 1.165) is 48.4 Å². The van der Waals surface area contributed by atoms with E-state index in [1.165, 1.54) is 0 Å². The molecule has 32 heavy (non-hydrogen) atoms. The molecule has 2 aliphatic rings. The van der Waals surface area contributed by atoms with E-state index in [-0.39, 0.29) is 32.1 Å². The van der Waals surface area contributed by atoms with E-state index < -0.39 is 26.7 Å².